The van der Waals surface area contributed by atoms with Gasteiger partial charge in [-0.05, 0) is 32.4 Å². The third-order valence-electron chi connectivity index (χ3n) is 3.65. The predicted octanol–water partition coefficient (Wildman–Crippen LogP) is 1.49. The van der Waals surface area contributed by atoms with Gasteiger partial charge in [0, 0.05) is 0 Å². The number of fused-ring (bicyclic) bond motifs is 1. The Hall–Kier alpha value is -1.75. The molecule has 20 heavy (non-hydrogen) atoms. The molecular formula is C15H21NO4. The minimum Gasteiger partial charge on any atom is -0.482 e. The molecule has 3 atom stereocenters. The average Bonchev–Trinajstić information content (AvgIpc) is 2.46. The average molecular weight is 279 g/mol. The van der Waals surface area contributed by atoms with E-state index in [0.29, 0.717) is 17.9 Å². The molecule has 1 aliphatic rings. The van der Waals surface area contributed by atoms with Crippen molar-refractivity contribution in [3.8, 4) is 11.5 Å². The summed E-state index contributed by atoms with van der Waals surface area (Å²) in [6.07, 6.45) is -0.472. The van der Waals surface area contributed by atoms with Crippen LogP contribution in [0.4, 0.5) is 0 Å². The third kappa shape index (κ3) is 2.88. The molecule has 0 bridgehead atoms. The monoisotopic (exact) mass is 279 g/mol. The number of amides is 1. The molecule has 0 saturated carbocycles. The van der Waals surface area contributed by atoms with Gasteiger partial charge in [-0.25, -0.2) is 0 Å². The maximum Gasteiger partial charge on any atom is 0.265 e. The Morgan fingerprint density at radius 2 is 1.95 bits per heavy atom. The second-order valence-corrected chi connectivity index (χ2v) is 5.37. The smallest absolute Gasteiger partial charge is 0.265 e. The van der Waals surface area contributed by atoms with Gasteiger partial charge >= 0.3 is 0 Å². The summed E-state index contributed by atoms with van der Waals surface area (Å²) in [5.74, 6) is 0.933. The summed E-state index contributed by atoms with van der Waals surface area (Å²) in [6, 6.07) is 7.27. The highest BCUT2D eigenvalue weighted by Crippen LogP contribution is 2.33. The Balaban J connectivity index is 2.12. The Labute approximate surface area is 118 Å². The molecule has 0 radical (unpaired) electrons. The van der Waals surface area contributed by atoms with Crippen molar-refractivity contribution in [1.82, 2.24) is 5.32 Å². The maximum atomic E-state index is 12.3. The van der Waals surface area contributed by atoms with Crippen LogP contribution < -0.4 is 14.8 Å². The lowest BCUT2D eigenvalue weighted by molar-refractivity contribution is -0.135. The predicted molar refractivity (Wildman–Crippen MR) is 74.9 cm³/mol. The number of aliphatic hydroxyl groups excluding tert-OH is 1. The molecule has 0 fully saturated rings. The van der Waals surface area contributed by atoms with Crippen molar-refractivity contribution >= 4 is 5.91 Å². The number of benzene rings is 1. The molecule has 110 valence electrons. The molecule has 0 spiro atoms. The number of rotatable bonds is 4. The highest BCUT2D eigenvalue weighted by molar-refractivity contribution is 5.83. The van der Waals surface area contributed by atoms with E-state index < -0.39 is 11.6 Å². The summed E-state index contributed by atoms with van der Waals surface area (Å²) in [7, 11) is 0. The van der Waals surface area contributed by atoms with E-state index in [9.17, 15) is 9.90 Å². The minimum absolute atomic E-state index is 0.117. The molecule has 2 rings (SSSR count). The van der Waals surface area contributed by atoms with E-state index in [1.54, 1.807) is 19.9 Å². The molecule has 0 aliphatic carbocycles. The van der Waals surface area contributed by atoms with Crippen LogP contribution >= 0.6 is 0 Å². The highest BCUT2D eigenvalue weighted by atomic mass is 16.6. The summed E-state index contributed by atoms with van der Waals surface area (Å²) in [6.45, 7) is 5.39. The first-order valence-electron chi connectivity index (χ1n) is 6.84. The van der Waals surface area contributed by atoms with Crippen LogP contribution in [-0.4, -0.2) is 35.4 Å². The van der Waals surface area contributed by atoms with Gasteiger partial charge in [0.05, 0.1) is 12.1 Å². The van der Waals surface area contributed by atoms with Gasteiger partial charge in [-0.2, -0.15) is 0 Å². The SMILES string of the molecule is CCC(C)(CO)NC(=O)C1Oc2ccccc2OC1C. The second-order valence-electron chi connectivity index (χ2n) is 5.37. The molecule has 1 aromatic carbocycles. The van der Waals surface area contributed by atoms with Crippen molar-refractivity contribution in [2.24, 2.45) is 0 Å². The number of ether oxygens (including phenoxy) is 2. The quantitative estimate of drug-likeness (QED) is 0.876. The molecule has 1 aromatic rings. The van der Waals surface area contributed by atoms with Crippen molar-refractivity contribution in [2.75, 3.05) is 6.61 Å². The van der Waals surface area contributed by atoms with Gasteiger partial charge in [0.15, 0.2) is 11.5 Å². The standard InChI is InChI=1S/C15H21NO4/c1-4-15(3,9-17)16-14(18)13-10(2)19-11-7-5-6-8-12(11)20-13/h5-8,10,13,17H,4,9H2,1-3H3,(H,16,18). The van der Waals surface area contributed by atoms with Crippen LogP contribution in [-0.2, 0) is 4.79 Å². The summed E-state index contributed by atoms with van der Waals surface area (Å²) in [4.78, 5) is 12.3. The minimum atomic E-state index is -0.720. The Morgan fingerprint density at radius 3 is 2.50 bits per heavy atom. The van der Waals surface area contributed by atoms with E-state index in [4.69, 9.17) is 9.47 Å². The van der Waals surface area contributed by atoms with Crippen LogP contribution in [0.1, 0.15) is 27.2 Å². The zero-order valence-corrected chi connectivity index (χ0v) is 12.1. The fraction of sp³-hybridized carbons (Fsp3) is 0.533. The van der Waals surface area contributed by atoms with Gasteiger partial charge in [-0.15, -0.1) is 0 Å². The third-order valence-corrected chi connectivity index (χ3v) is 3.65. The van der Waals surface area contributed by atoms with Crippen molar-refractivity contribution in [3.63, 3.8) is 0 Å². The van der Waals surface area contributed by atoms with E-state index in [0.717, 1.165) is 0 Å². The van der Waals surface area contributed by atoms with E-state index in [1.165, 1.54) is 0 Å². The first kappa shape index (κ1) is 14.7. The lowest BCUT2D eigenvalue weighted by Crippen LogP contribution is -2.56. The molecule has 1 amide bonds. The summed E-state index contributed by atoms with van der Waals surface area (Å²) in [5.41, 5.74) is -0.642. The van der Waals surface area contributed by atoms with Gasteiger partial charge in [0.25, 0.3) is 5.91 Å². The normalized spacial score (nSPS) is 23.8. The van der Waals surface area contributed by atoms with Crippen molar-refractivity contribution in [2.45, 2.75) is 44.9 Å². The number of hydrogen-bond acceptors (Lipinski definition) is 4. The number of para-hydroxylation sites is 2. The summed E-state index contributed by atoms with van der Waals surface area (Å²) < 4.78 is 11.4. The van der Waals surface area contributed by atoms with Crippen LogP contribution in [0.25, 0.3) is 0 Å². The summed E-state index contributed by atoms with van der Waals surface area (Å²) in [5, 5.41) is 12.2. The first-order chi connectivity index (χ1) is 9.49. The second kappa shape index (κ2) is 5.71. The molecule has 5 nitrogen and oxygen atoms in total. The number of aliphatic hydroxyl groups is 1. The Bertz CT molecular complexity index is 485. The maximum absolute atomic E-state index is 12.3. The molecule has 0 saturated heterocycles. The molecule has 3 unspecified atom stereocenters. The van der Waals surface area contributed by atoms with Crippen LogP contribution in [0, 0.1) is 0 Å². The number of hydrogen-bond donors (Lipinski definition) is 2. The van der Waals surface area contributed by atoms with Crippen LogP contribution in [0.15, 0.2) is 24.3 Å². The van der Waals surface area contributed by atoms with E-state index in [2.05, 4.69) is 5.32 Å². The van der Waals surface area contributed by atoms with Gasteiger partial charge in [0.2, 0.25) is 6.10 Å². The van der Waals surface area contributed by atoms with E-state index >= 15 is 0 Å². The lowest BCUT2D eigenvalue weighted by Gasteiger charge is -2.34. The van der Waals surface area contributed by atoms with Gasteiger partial charge in [-0.1, -0.05) is 19.1 Å². The number of nitrogens with one attached hydrogen (secondary N) is 1. The van der Waals surface area contributed by atoms with Crippen molar-refractivity contribution in [1.29, 1.82) is 0 Å². The Morgan fingerprint density at radius 1 is 1.35 bits per heavy atom. The van der Waals surface area contributed by atoms with Gasteiger partial charge < -0.3 is 19.9 Å². The van der Waals surface area contributed by atoms with Crippen LogP contribution in [0.3, 0.4) is 0 Å². The molecule has 2 N–H and O–H groups in total. The van der Waals surface area contributed by atoms with E-state index in [1.807, 2.05) is 25.1 Å². The Kier molecular flexibility index (Phi) is 4.18. The topological polar surface area (TPSA) is 67.8 Å². The fourth-order valence-corrected chi connectivity index (χ4v) is 2.01. The molecule has 0 aromatic heterocycles. The largest absolute Gasteiger partial charge is 0.482 e. The molecule has 1 heterocycles. The summed E-state index contributed by atoms with van der Waals surface area (Å²) >= 11 is 0. The lowest BCUT2D eigenvalue weighted by atomic mass is 9.99. The number of carbonyl (C=O) groups excluding carboxylic acids is 1. The molecular weight excluding hydrogens is 258 g/mol. The highest BCUT2D eigenvalue weighted by Gasteiger charge is 2.36. The van der Waals surface area contributed by atoms with Gasteiger partial charge in [0.1, 0.15) is 6.10 Å². The van der Waals surface area contributed by atoms with Crippen LogP contribution in [0.5, 0.6) is 11.5 Å². The molecule has 1 aliphatic heterocycles. The van der Waals surface area contributed by atoms with E-state index in [-0.39, 0.29) is 18.6 Å². The zero-order valence-electron chi connectivity index (χ0n) is 12.1. The fourth-order valence-electron chi connectivity index (χ4n) is 2.01. The molecule has 5 heteroatoms. The van der Waals surface area contributed by atoms with Crippen molar-refractivity contribution in [3.05, 3.63) is 24.3 Å². The zero-order chi connectivity index (χ0) is 14.8. The number of carbonyl (C=O) groups is 1. The van der Waals surface area contributed by atoms with Crippen molar-refractivity contribution < 1.29 is 19.4 Å². The van der Waals surface area contributed by atoms with Crippen LogP contribution in [0.2, 0.25) is 0 Å². The van der Waals surface area contributed by atoms with Gasteiger partial charge in [-0.3, -0.25) is 4.79 Å². The first-order valence-corrected chi connectivity index (χ1v) is 6.84.